The van der Waals surface area contributed by atoms with E-state index < -0.39 is 5.97 Å². The Balaban J connectivity index is 2.30. The summed E-state index contributed by atoms with van der Waals surface area (Å²) in [5.74, 6) is -0.431. The van der Waals surface area contributed by atoms with Crippen LogP contribution in [-0.2, 0) is 11.3 Å². The first-order valence-electron chi connectivity index (χ1n) is 8.97. The molecule has 0 radical (unpaired) electrons. The summed E-state index contributed by atoms with van der Waals surface area (Å²) in [5.41, 5.74) is 2.51. The number of amides is 1. The maximum absolute atomic E-state index is 13.0. The van der Waals surface area contributed by atoms with Gasteiger partial charge in [-0.2, -0.15) is 0 Å². The molecule has 0 atom stereocenters. The van der Waals surface area contributed by atoms with E-state index in [2.05, 4.69) is 0 Å². The van der Waals surface area contributed by atoms with Crippen molar-refractivity contribution in [3.8, 4) is 5.75 Å². The molecule has 150 valence electrons. The highest BCUT2D eigenvalue weighted by Crippen LogP contribution is 2.24. The second kappa shape index (κ2) is 8.73. The number of hydrogen-bond donors (Lipinski definition) is 0. The van der Waals surface area contributed by atoms with Crippen molar-refractivity contribution in [2.24, 2.45) is 0 Å². The van der Waals surface area contributed by atoms with Crippen LogP contribution in [0.1, 0.15) is 49.4 Å². The van der Waals surface area contributed by atoms with Crippen LogP contribution >= 0.6 is 0 Å². The summed E-state index contributed by atoms with van der Waals surface area (Å²) in [4.78, 5) is 39.1. The number of hydrogen-bond acceptors (Lipinski definition) is 5. The summed E-state index contributed by atoms with van der Waals surface area (Å²) >= 11 is 0. The number of benzene rings is 1. The summed E-state index contributed by atoms with van der Waals surface area (Å²) in [5, 5.41) is 0. The van der Waals surface area contributed by atoms with E-state index in [1.54, 1.807) is 49.7 Å². The van der Waals surface area contributed by atoms with Crippen LogP contribution in [0.25, 0.3) is 0 Å². The van der Waals surface area contributed by atoms with Crippen molar-refractivity contribution in [3.05, 3.63) is 52.3 Å². The van der Waals surface area contributed by atoms with Gasteiger partial charge in [0.1, 0.15) is 11.4 Å². The summed E-state index contributed by atoms with van der Waals surface area (Å²) in [6.45, 7) is 5.84. The zero-order valence-electron chi connectivity index (χ0n) is 17.2. The lowest BCUT2D eigenvalue weighted by atomic mass is 10.0. The van der Waals surface area contributed by atoms with Crippen molar-refractivity contribution in [2.75, 3.05) is 27.8 Å². The average molecular weight is 386 g/mol. The topological polar surface area (TPSA) is 77.8 Å². The van der Waals surface area contributed by atoms with E-state index in [1.165, 1.54) is 19.1 Å². The monoisotopic (exact) mass is 386 g/mol. The number of carbonyl (C=O) groups excluding carboxylic acids is 3. The van der Waals surface area contributed by atoms with Crippen LogP contribution in [0, 0.1) is 13.8 Å². The van der Waals surface area contributed by atoms with Gasteiger partial charge in [0.2, 0.25) is 0 Å². The van der Waals surface area contributed by atoms with E-state index in [-0.39, 0.29) is 18.2 Å². The van der Waals surface area contributed by atoms with Gasteiger partial charge in [0.15, 0.2) is 5.78 Å². The van der Waals surface area contributed by atoms with Crippen LogP contribution in [0.2, 0.25) is 0 Å². The molecule has 2 rings (SSSR count). The molecule has 0 aliphatic heterocycles. The van der Waals surface area contributed by atoms with Gasteiger partial charge in [-0.1, -0.05) is 6.07 Å². The minimum Gasteiger partial charge on any atom is -0.497 e. The predicted molar refractivity (Wildman–Crippen MR) is 105 cm³/mol. The number of ether oxygens (including phenoxy) is 2. The number of ketones is 1. The molecule has 0 N–H and O–H groups in total. The van der Waals surface area contributed by atoms with Gasteiger partial charge in [-0.25, -0.2) is 4.79 Å². The molecule has 7 heteroatoms. The molecule has 0 saturated carbocycles. The Morgan fingerprint density at radius 3 is 2.39 bits per heavy atom. The van der Waals surface area contributed by atoms with Gasteiger partial charge in [0.25, 0.3) is 5.91 Å². The zero-order valence-corrected chi connectivity index (χ0v) is 17.2. The average Bonchev–Trinajstić information content (AvgIpc) is 2.96. The van der Waals surface area contributed by atoms with Crippen molar-refractivity contribution < 1.29 is 23.9 Å². The second-order valence-electron chi connectivity index (χ2n) is 6.49. The van der Waals surface area contributed by atoms with Crippen molar-refractivity contribution in [1.82, 2.24) is 9.47 Å². The quantitative estimate of drug-likeness (QED) is 0.540. The number of rotatable bonds is 7. The summed E-state index contributed by atoms with van der Waals surface area (Å²) in [7, 11) is 4.41. The molecular formula is C21H26N2O5. The van der Waals surface area contributed by atoms with Crippen LogP contribution < -0.4 is 4.74 Å². The molecule has 1 amide bonds. The van der Waals surface area contributed by atoms with Crippen LogP contribution in [0.4, 0.5) is 0 Å². The second-order valence-corrected chi connectivity index (χ2v) is 6.49. The van der Waals surface area contributed by atoms with Gasteiger partial charge in [-0.05, 0) is 44.5 Å². The lowest BCUT2D eigenvalue weighted by Gasteiger charge is -2.17. The molecule has 0 spiro atoms. The Bertz CT molecular complexity index is 914. The van der Waals surface area contributed by atoms with Crippen LogP contribution in [0.3, 0.4) is 0 Å². The highest BCUT2D eigenvalue weighted by atomic mass is 16.5. The number of Topliss-reactive ketones (excluding diaryl/α,β-unsaturated/α-hetero) is 1. The van der Waals surface area contributed by atoms with Crippen molar-refractivity contribution in [1.29, 1.82) is 0 Å². The first-order valence-corrected chi connectivity index (χ1v) is 8.97. The normalized spacial score (nSPS) is 10.5. The zero-order chi connectivity index (χ0) is 21.0. The maximum Gasteiger partial charge on any atom is 0.354 e. The van der Waals surface area contributed by atoms with Crippen LogP contribution in [0.15, 0.2) is 24.3 Å². The summed E-state index contributed by atoms with van der Waals surface area (Å²) < 4.78 is 11.8. The Kier molecular flexibility index (Phi) is 6.62. The number of nitrogens with zero attached hydrogens (tertiary/aromatic N) is 2. The van der Waals surface area contributed by atoms with E-state index in [0.29, 0.717) is 40.4 Å². The predicted octanol–water partition coefficient (Wildman–Crippen LogP) is 2.87. The molecule has 1 aromatic heterocycles. The lowest BCUT2D eigenvalue weighted by molar-refractivity contribution is 0.0587. The minimum atomic E-state index is -0.484. The first kappa shape index (κ1) is 21.2. The first-order chi connectivity index (χ1) is 13.3. The standard InChI is InChI=1S/C21H26N2O5/c1-7-23-14(3)18(13(2)19(23)21(26)28-6)17(24)12-22(4)20(25)15-9-8-10-16(11-15)27-5/h8-11H,7,12H2,1-6H3. The summed E-state index contributed by atoms with van der Waals surface area (Å²) in [6.07, 6.45) is 0. The number of methoxy groups -OCH3 is 2. The van der Waals surface area contributed by atoms with Crippen molar-refractivity contribution in [2.45, 2.75) is 27.3 Å². The Hall–Kier alpha value is -3.09. The molecule has 7 nitrogen and oxygen atoms in total. The minimum absolute atomic E-state index is 0.105. The third kappa shape index (κ3) is 3.93. The molecule has 0 saturated heterocycles. The summed E-state index contributed by atoms with van der Waals surface area (Å²) in [6, 6.07) is 6.77. The van der Waals surface area contributed by atoms with Crippen LogP contribution in [-0.4, -0.2) is 54.9 Å². The largest absolute Gasteiger partial charge is 0.497 e. The van der Waals surface area contributed by atoms with Gasteiger partial charge in [-0.15, -0.1) is 0 Å². The van der Waals surface area contributed by atoms with Gasteiger partial charge in [0, 0.05) is 30.4 Å². The lowest BCUT2D eigenvalue weighted by Crippen LogP contribution is -2.32. The molecular weight excluding hydrogens is 360 g/mol. The molecule has 0 aliphatic rings. The van der Waals surface area contributed by atoms with Crippen molar-refractivity contribution in [3.63, 3.8) is 0 Å². The van der Waals surface area contributed by atoms with E-state index in [4.69, 9.17) is 9.47 Å². The van der Waals surface area contributed by atoms with E-state index >= 15 is 0 Å². The van der Waals surface area contributed by atoms with Gasteiger partial charge in [-0.3, -0.25) is 9.59 Å². The molecule has 0 unspecified atom stereocenters. The highest BCUT2D eigenvalue weighted by Gasteiger charge is 2.27. The molecule has 0 bridgehead atoms. The Morgan fingerprint density at radius 2 is 1.82 bits per heavy atom. The molecule has 1 aromatic carbocycles. The fourth-order valence-electron chi connectivity index (χ4n) is 3.40. The number of esters is 1. The van der Waals surface area contributed by atoms with Crippen molar-refractivity contribution >= 4 is 17.7 Å². The fraction of sp³-hybridized carbons (Fsp3) is 0.381. The molecule has 28 heavy (non-hydrogen) atoms. The van der Waals surface area contributed by atoms with E-state index in [9.17, 15) is 14.4 Å². The third-order valence-electron chi connectivity index (χ3n) is 4.78. The van der Waals surface area contributed by atoms with Gasteiger partial charge in [0.05, 0.1) is 20.8 Å². The number of aromatic nitrogens is 1. The highest BCUT2D eigenvalue weighted by molar-refractivity contribution is 6.06. The maximum atomic E-state index is 13.0. The van der Waals surface area contributed by atoms with Crippen LogP contribution in [0.5, 0.6) is 5.75 Å². The Labute approximate surface area is 164 Å². The number of carbonyl (C=O) groups is 3. The fourth-order valence-corrected chi connectivity index (χ4v) is 3.40. The Morgan fingerprint density at radius 1 is 1.14 bits per heavy atom. The number of likely N-dealkylation sites (N-methyl/N-ethyl adjacent to an activating group) is 1. The van der Waals surface area contributed by atoms with Gasteiger partial charge >= 0.3 is 5.97 Å². The molecule has 1 heterocycles. The van der Waals surface area contributed by atoms with Gasteiger partial charge < -0.3 is 18.9 Å². The van der Waals surface area contributed by atoms with E-state index in [1.807, 2.05) is 6.92 Å². The molecule has 2 aromatic rings. The molecule has 0 fully saturated rings. The third-order valence-corrected chi connectivity index (χ3v) is 4.78. The SMILES string of the molecule is CCn1c(C)c(C(=O)CN(C)C(=O)c2cccc(OC)c2)c(C)c1C(=O)OC. The smallest absolute Gasteiger partial charge is 0.354 e. The molecule has 0 aliphatic carbocycles. The van der Waals surface area contributed by atoms with E-state index in [0.717, 1.165) is 0 Å².